The normalized spacial score (nSPS) is 12.8. The third-order valence-corrected chi connectivity index (χ3v) is 8.57. The third kappa shape index (κ3) is 5.92. The lowest BCUT2D eigenvalue weighted by Crippen LogP contribution is -2.02. The summed E-state index contributed by atoms with van der Waals surface area (Å²) >= 11 is 0. The molecule has 232 valence electrons. The quantitative estimate of drug-likeness (QED) is 0.151. The summed E-state index contributed by atoms with van der Waals surface area (Å²) in [4.78, 5) is 14.8. The Morgan fingerprint density at radius 2 is 1.29 bits per heavy atom. The van der Waals surface area contributed by atoms with Gasteiger partial charge in [0.1, 0.15) is 0 Å². The second-order valence-corrected chi connectivity index (χ2v) is 11.6. The molecule has 7 aromatic rings. The highest BCUT2D eigenvalue weighted by atomic mass is 15.0. The first-order valence-corrected chi connectivity index (χ1v) is 16.3. The summed E-state index contributed by atoms with van der Waals surface area (Å²) < 4.78 is 2.30. The van der Waals surface area contributed by atoms with Crippen molar-refractivity contribution in [1.29, 1.82) is 0 Å². The molecule has 0 unspecified atom stereocenters. The third-order valence-electron chi connectivity index (χ3n) is 8.57. The van der Waals surface area contributed by atoms with Gasteiger partial charge in [0.25, 0.3) is 0 Å². The van der Waals surface area contributed by atoms with E-state index in [1.165, 1.54) is 21.5 Å². The Bertz CT molecular complexity index is 2330. The van der Waals surface area contributed by atoms with Gasteiger partial charge in [-0.05, 0) is 54.0 Å². The van der Waals surface area contributed by atoms with Crippen molar-refractivity contribution in [2.24, 2.45) is 0 Å². The van der Waals surface area contributed by atoms with Crippen LogP contribution in [0.1, 0.15) is 26.1 Å². The zero-order valence-electron chi connectivity index (χ0n) is 27.2. The number of allylic oxidation sites excluding steroid dienone is 9. The molecule has 48 heavy (non-hydrogen) atoms. The number of hydrogen-bond acceptors (Lipinski definition) is 3. The average molecular weight is 621 g/mol. The van der Waals surface area contributed by atoms with E-state index in [1.807, 2.05) is 66.7 Å². The van der Waals surface area contributed by atoms with Crippen molar-refractivity contribution in [2.75, 3.05) is 0 Å². The molecule has 0 atom stereocenters. The molecule has 0 aliphatic carbocycles. The number of rotatable bonds is 9. The van der Waals surface area contributed by atoms with Crippen LogP contribution in [0, 0.1) is 0 Å². The van der Waals surface area contributed by atoms with Crippen molar-refractivity contribution in [1.82, 2.24) is 19.5 Å². The van der Waals surface area contributed by atoms with E-state index in [2.05, 4.69) is 116 Å². The largest absolute Gasteiger partial charge is 0.309 e. The molecule has 0 aliphatic heterocycles. The summed E-state index contributed by atoms with van der Waals surface area (Å²) in [6, 6.07) is 41.7. The van der Waals surface area contributed by atoms with E-state index in [9.17, 15) is 0 Å². The molecule has 0 fully saturated rings. The van der Waals surface area contributed by atoms with Crippen molar-refractivity contribution >= 4 is 43.8 Å². The van der Waals surface area contributed by atoms with Crippen LogP contribution in [-0.2, 0) is 0 Å². The Labute approximate surface area is 281 Å². The van der Waals surface area contributed by atoms with Gasteiger partial charge < -0.3 is 4.57 Å². The minimum atomic E-state index is 0.644. The van der Waals surface area contributed by atoms with Crippen LogP contribution in [0.25, 0.3) is 66.6 Å². The van der Waals surface area contributed by atoms with Gasteiger partial charge in [-0.25, -0.2) is 15.0 Å². The molecular weight excluding hydrogens is 585 g/mol. The first kappa shape index (κ1) is 30.5. The fourth-order valence-corrected chi connectivity index (χ4v) is 6.16. The number of nitrogens with zero attached hydrogens (tertiary/aromatic N) is 4. The van der Waals surface area contributed by atoms with Crippen LogP contribution in [0.5, 0.6) is 0 Å². The summed E-state index contributed by atoms with van der Waals surface area (Å²) in [7, 11) is 0. The molecule has 4 nitrogen and oxygen atoms in total. The van der Waals surface area contributed by atoms with Crippen molar-refractivity contribution in [2.45, 2.75) is 20.3 Å². The second kappa shape index (κ2) is 13.7. The Kier molecular flexibility index (Phi) is 8.71. The highest BCUT2D eigenvalue weighted by molar-refractivity contribution is 6.21. The van der Waals surface area contributed by atoms with Crippen LogP contribution >= 0.6 is 0 Å². The Hall–Kier alpha value is -6.13. The minimum absolute atomic E-state index is 0.644. The number of aromatic nitrogens is 4. The standard InChI is InChI=1S/C44H36N4/c1-4-6-18-32(31(3)42-45-43(34-20-9-7-10-21-34)47-44(46-42)35-22-11-8-12-23-35)24-17-25-36(5-2)48-39-28-16-15-27-38(39)41-37-26-14-13-19-33(37)29-30-40(41)48/h5-30H,2,4H2,1,3H3/b18-6-,24-17+,32-31-,36-25+. The molecule has 0 saturated carbocycles. The number of para-hydroxylation sites is 1. The van der Waals surface area contributed by atoms with E-state index in [-0.39, 0.29) is 0 Å². The van der Waals surface area contributed by atoms with Crippen LogP contribution in [0.4, 0.5) is 0 Å². The van der Waals surface area contributed by atoms with Crippen molar-refractivity contribution in [3.05, 3.63) is 176 Å². The number of benzene rings is 5. The van der Waals surface area contributed by atoms with Gasteiger partial charge in [0.15, 0.2) is 17.5 Å². The van der Waals surface area contributed by atoms with Crippen LogP contribution in [0.15, 0.2) is 170 Å². The van der Waals surface area contributed by atoms with Gasteiger partial charge in [-0.15, -0.1) is 0 Å². The fraction of sp³-hybridized carbons (Fsp3) is 0.0682. The molecule has 2 aromatic heterocycles. The lowest BCUT2D eigenvalue weighted by atomic mass is 10.0. The van der Waals surface area contributed by atoms with Gasteiger partial charge >= 0.3 is 0 Å². The van der Waals surface area contributed by atoms with Crippen LogP contribution in [0.3, 0.4) is 0 Å². The van der Waals surface area contributed by atoms with E-state index < -0.39 is 0 Å². The maximum absolute atomic E-state index is 4.97. The molecule has 0 aliphatic rings. The van der Waals surface area contributed by atoms with Crippen molar-refractivity contribution < 1.29 is 0 Å². The Balaban J connectivity index is 1.35. The predicted octanol–water partition coefficient (Wildman–Crippen LogP) is 11.5. The van der Waals surface area contributed by atoms with E-state index in [0.717, 1.165) is 45.4 Å². The van der Waals surface area contributed by atoms with Crippen molar-refractivity contribution in [3.8, 4) is 22.8 Å². The first-order chi connectivity index (χ1) is 23.7. The molecule has 0 N–H and O–H groups in total. The maximum atomic E-state index is 4.97. The molecule has 2 heterocycles. The molecule has 4 heteroatoms. The van der Waals surface area contributed by atoms with Crippen LogP contribution in [-0.4, -0.2) is 19.5 Å². The molecular formula is C44H36N4. The van der Waals surface area contributed by atoms with E-state index in [4.69, 9.17) is 15.0 Å². The van der Waals surface area contributed by atoms with Crippen LogP contribution in [0.2, 0.25) is 0 Å². The Morgan fingerprint density at radius 1 is 0.667 bits per heavy atom. The topological polar surface area (TPSA) is 43.6 Å². The summed E-state index contributed by atoms with van der Waals surface area (Å²) in [5.41, 5.74) is 7.17. The first-order valence-electron chi connectivity index (χ1n) is 16.3. The number of hydrogen-bond donors (Lipinski definition) is 0. The van der Waals surface area contributed by atoms with Gasteiger partial charge in [0.2, 0.25) is 0 Å². The summed E-state index contributed by atoms with van der Waals surface area (Å²) in [5.74, 6) is 1.94. The summed E-state index contributed by atoms with van der Waals surface area (Å²) in [5, 5.41) is 4.95. The molecule has 0 radical (unpaired) electrons. The lowest BCUT2D eigenvalue weighted by Gasteiger charge is -2.10. The predicted molar refractivity (Wildman–Crippen MR) is 203 cm³/mol. The molecule has 0 bridgehead atoms. The van der Waals surface area contributed by atoms with Crippen molar-refractivity contribution in [3.63, 3.8) is 0 Å². The van der Waals surface area contributed by atoms with E-state index >= 15 is 0 Å². The van der Waals surface area contributed by atoms with Crippen LogP contribution < -0.4 is 0 Å². The molecule has 0 saturated heterocycles. The molecule has 7 rings (SSSR count). The average Bonchev–Trinajstić information content (AvgIpc) is 3.49. The smallest absolute Gasteiger partial charge is 0.164 e. The van der Waals surface area contributed by atoms with Gasteiger partial charge in [0.05, 0.1) is 11.0 Å². The highest BCUT2D eigenvalue weighted by Crippen LogP contribution is 2.37. The highest BCUT2D eigenvalue weighted by Gasteiger charge is 2.15. The molecule has 0 amide bonds. The van der Waals surface area contributed by atoms with E-state index in [0.29, 0.717) is 17.5 Å². The fourth-order valence-electron chi connectivity index (χ4n) is 6.16. The second-order valence-electron chi connectivity index (χ2n) is 11.6. The molecule has 5 aromatic carbocycles. The minimum Gasteiger partial charge on any atom is -0.309 e. The van der Waals surface area contributed by atoms with Gasteiger partial charge in [-0.1, -0.05) is 147 Å². The summed E-state index contributed by atoms with van der Waals surface area (Å²) in [6.07, 6.45) is 13.5. The number of fused-ring (bicyclic) bond motifs is 5. The summed E-state index contributed by atoms with van der Waals surface area (Å²) in [6.45, 7) is 8.44. The van der Waals surface area contributed by atoms with E-state index in [1.54, 1.807) is 0 Å². The zero-order valence-corrected chi connectivity index (χ0v) is 27.2. The van der Waals surface area contributed by atoms with Gasteiger partial charge in [-0.2, -0.15) is 0 Å². The Morgan fingerprint density at radius 3 is 1.96 bits per heavy atom. The lowest BCUT2D eigenvalue weighted by molar-refractivity contribution is 1.03. The monoisotopic (exact) mass is 620 g/mol. The SMILES string of the molecule is C=C\C(=C/C=C/C(/C=C\CC)=C(/C)c1nc(-c2ccccc2)nc(-c2ccccc2)n1)n1c2ccccc2c2c3ccccc3ccc21. The molecule has 0 spiro atoms. The zero-order chi connectivity index (χ0) is 32.9. The van der Waals surface area contributed by atoms with Gasteiger partial charge in [0, 0.05) is 33.2 Å². The van der Waals surface area contributed by atoms with Gasteiger partial charge in [-0.3, -0.25) is 0 Å². The maximum Gasteiger partial charge on any atom is 0.164 e.